The molecule has 0 radical (unpaired) electrons. The first-order valence-corrected chi connectivity index (χ1v) is 19.0. The van der Waals surface area contributed by atoms with Gasteiger partial charge in [0.15, 0.2) is 0 Å². The van der Waals surface area contributed by atoms with E-state index < -0.39 is 12.5 Å². The highest BCUT2D eigenvalue weighted by molar-refractivity contribution is 5.78. The molecule has 6 aromatic rings. The van der Waals surface area contributed by atoms with Gasteiger partial charge in [-0.1, -0.05) is 46.7 Å². The number of nitrogens with one attached hydrogen (secondary N) is 1. The molecule has 1 amide bonds. The van der Waals surface area contributed by atoms with Crippen LogP contribution in [0.2, 0.25) is 0 Å². The van der Waals surface area contributed by atoms with Gasteiger partial charge >= 0.3 is 0 Å². The Morgan fingerprint density at radius 2 is 1.29 bits per heavy atom. The van der Waals surface area contributed by atoms with Gasteiger partial charge < -0.3 is 34.7 Å². The first-order valence-electron chi connectivity index (χ1n) is 19.0. The fourth-order valence-corrected chi connectivity index (χ4v) is 7.23. The predicted octanol–water partition coefficient (Wildman–Crippen LogP) is 8.52. The van der Waals surface area contributed by atoms with Gasteiger partial charge in [-0.15, -0.1) is 0 Å². The van der Waals surface area contributed by atoms with Crippen LogP contribution in [0.5, 0.6) is 11.5 Å². The first-order chi connectivity index (χ1) is 28.1. The van der Waals surface area contributed by atoms with Gasteiger partial charge in [0.1, 0.15) is 18.1 Å². The van der Waals surface area contributed by atoms with Crippen molar-refractivity contribution in [1.29, 1.82) is 0 Å². The van der Waals surface area contributed by atoms with E-state index in [1.807, 2.05) is 64.1 Å². The van der Waals surface area contributed by atoms with Crippen LogP contribution in [0.1, 0.15) is 74.9 Å². The van der Waals surface area contributed by atoms with E-state index in [-0.39, 0.29) is 24.3 Å². The van der Waals surface area contributed by atoms with Crippen LogP contribution in [-0.2, 0) is 17.6 Å². The number of rotatable bonds is 10. The lowest BCUT2D eigenvalue weighted by atomic mass is 10.0. The van der Waals surface area contributed by atoms with E-state index in [9.17, 15) is 4.79 Å². The minimum Gasteiger partial charge on any atom is -0.502 e. The fraction of sp³-hybridized carbons (Fsp3) is 0.295. The average molecular weight is 779 g/mol. The molecule has 2 aliphatic rings. The highest BCUT2D eigenvalue weighted by atomic mass is 16.5. The van der Waals surface area contributed by atoms with Crippen molar-refractivity contribution in [1.82, 2.24) is 25.6 Å². The molecule has 0 fully saturated rings. The van der Waals surface area contributed by atoms with Crippen molar-refractivity contribution in [2.75, 3.05) is 6.61 Å². The summed E-state index contributed by atoms with van der Waals surface area (Å²) in [5, 5.41) is 20.1. The highest BCUT2D eigenvalue weighted by Crippen LogP contribution is 2.40. The molecule has 0 saturated heterocycles. The van der Waals surface area contributed by atoms with Crippen molar-refractivity contribution in [2.24, 2.45) is 5.73 Å². The molecule has 0 saturated carbocycles. The molecule has 4 aromatic carbocycles. The Morgan fingerprint density at radius 3 is 1.79 bits per heavy atom. The number of ether oxygens (including phenoxy) is 2. The van der Waals surface area contributed by atoms with Crippen molar-refractivity contribution in [3.8, 4) is 57.2 Å². The third kappa shape index (κ3) is 8.30. The average Bonchev–Trinajstić information content (AvgIpc) is 4.06. The maximum Gasteiger partial charge on any atom is 0.256 e. The van der Waals surface area contributed by atoms with Gasteiger partial charge in [-0.3, -0.25) is 4.79 Å². The predicted molar refractivity (Wildman–Crippen MR) is 216 cm³/mol. The number of hydrogen-bond donors (Lipinski definition) is 3. The lowest BCUT2D eigenvalue weighted by Crippen LogP contribution is -2.29. The number of amides is 1. The summed E-state index contributed by atoms with van der Waals surface area (Å²) in [5.74, 6) is 2.37. The Morgan fingerprint density at radius 1 is 0.793 bits per heavy atom. The second kappa shape index (κ2) is 17.1. The zero-order valence-corrected chi connectivity index (χ0v) is 32.5. The number of aliphatic hydroxyl groups excluding tert-OH is 1. The van der Waals surface area contributed by atoms with Crippen molar-refractivity contribution in [3.63, 3.8) is 0 Å². The Labute approximate surface area is 335 Å². The monoisotopic (exact) mass is 778 g/mol. The Kier molecular flexibility index (Phi) is 11.6. The van der Waals surface area contributed by atoms with Gasteiger partial charge in [-0.2, -0.15) is 9.97 Å². The van der Waals surface area contributed by atoms with E-state index in [1.54, 1.807) is 30.3 Å². The first kappa shape index (κ1) is 39.4. The topological polar surface area (TPSA) is 180 Å². The molecule has 0 unspecified atom stereocenters. The van der Waals surface area contributed by atoms with Crippen LogP contribution in [0.3, 0.4) is 0 Å². The summed E-state index contributed by atoms with van der Waals surface area (Å²) in [4.78, 5) is 27.8. The number of carbonyl (C=O) groups is 1. The third-order valence-corrected chi connectivity index (χ3v) is 9.78. The molecule has 58 heavy (non-hydrogen) atoms. The zero-order valence-electron chi connectivity index (χ0n) is 32.5. The molecule has 4 N–H and O–H groups in total. The molecular formula is C44H42N8O6. The number of aliphatic hydroxyl groups is 1. The van der Waals surface area contributed by atoms with Crippen LogP contribution in [0.15, 0.2) is 81.8 Å². The van der Waals surface area contributed by atoms with E-state index in [0.717, 1.165) is 53.5 Å². The van der Waals surface area contributed by atoms with Crippen molar-refractivity contribution >= 4 is 17.3 Å². The number of nitrogens with zero attached hydrogens (tertiary/aromatic N) is 6. The standard InChI is InChI=1S/C23H22N4O4.C21H20N4O2/c1-13(2)30-20-10-7-14(11-19(20)24-3)23-26-22(27-31-23)17-6-4-5-16-15(17)8-9-18(16)25-21(29)12-28;1-12(2)26-19-10-7-13(11-18(19)23-3)21-24-20(25-27-21)16-6-4-5-15-14(16)8-9-17(15)22/h4-7,10-11,13,18,28H,8-9,12H2,1-2H3,(H,25,29);4-7,10-12,17H,8-9,22H2,1-2H3/t18-;17-/m10/s1. The molecule has 14 nitrogen and oxygen atoms in total. The van der Waals surface area contributed by atoms with Crippen LogP contribution in [0.4, 0.5) is 11.4 Å². The lowest BCUT2D eigenvalue weighted by molar-refractivity contribution is -0.124. The Hall–Kier alpha value is -6.87. The maximum atomic E-state index is 11.6. The molecule has 8 rings (SSSR count). The van der Waals surface area contributed by atoms with Crippen molar-refractivity contribution < 1.29 is 28.4 Å². The molecule has 14 heteroatoms. The van der Waals surface area contributed by atoms with Crippen LogP contribution < -0.4 is 20.5 Å². The van der Waals surface area contributed by atoms with E-state index in [4.69, 9.17) is 42.5 Å². The molecule has 2 aromatic heterocycles. The zero-order chi connectivity index (χ0) is 40.9. The van der Waals surface area contributed by atoms with Gasteiger partial charge in [-0.25, -0.2) is 9.69 Å². The van der Waals surface area contributed by atoms with Crippen molar-refractivity contribution in [2.45, 2.75) is 77.7 Å². The minimum atomic E-state index is -0.534. The second-order valence-electron chi connectivity index (χ2n) is 14.5. The third-order valence-electron chi connectivity index (χ3n) is 9.78. The van der Waals surface area contributed by atoms with E-state index in [1.165, 1.54) is 5.56 Å². The highest BCUT2D eigenvalue weighted by Gasteiger charge is 2.28. The van der Waals surface area contributed by atoms with Crippen LogP contribution in [-0.4, -0.2) is 50.1 Å². The number of aromatic nitrogens is 4. The lowest BCUT2D eigenvalue weighted by Gasteiger charge is -2.13. The number of benzene rings is 4. The largest absolute Gasteiger partial charge is 0.502 e. The molecule has 2 heterocycles. The quantitative estimate of drug-likeness (QED) is 0.113. The van der Waals surface area contributed by atoms with Gasteiger partial charge in [0, 0.05) is 28.3 Å². The van der Waals surface area contributed by atoms with Crippen LogP contribution >= 0.6 is 0 Å². The van der Waals surface area contributed by atoms with E-state index >= 15 is 0 Å². The van der Waals surface area contributed by atoms with Crippen molar-refractivity contribution in [3.05, 3.63) is 118 Å². The second-order valence-corrected chi connectivity index (χ2v) is 14.5. The van der Waals surface area contributed by atoms with Gasteiger partial charge in [0.25, 0.3) is 11.8 Å². The number of nitrogens with two attached hydrogens (primary N) is 1. The molecule has 294 valence electrons. The summed E-state index contributed by atoms with van der Waals surface area (Å²) in [5.41, 5.74) is 14.5. The molecule has 0 spiro atoms. The maximum absolute atomic E-state index is 11.6. The summed E-state index contributed by atoms with van der Waals surface area (Å²) in [6.07, 6.45) is 3.32. The SMILES string of the molecule is [C-]#[N+]c1cc(-c2nc(-c3cccc4c3CC[C@@H]4N)no2)ccc1OC(C)C.[C-]#[N+]c1cc(-c2nc(-c3cccc4c3CC[C@H]4NC(=O)CO)no2)ccc1OC(C)C. The summed E-state index contributed by atoms with van der Waals surface area (Å²) in [7, 11) is 0. The summed E-state index contributed by atoms with van der Waals surface area (Å²) >= 11 is 0. The molecule has 2 atom stereocenters. The number of fused-ring (bicyclic) bond motifs is 2. The van der Waals surface area contributed by atoms with Gasteiger partial charge in [0.2, 0.25) is 28.9 Å². The normalized spacial score (nSPS) is 15.2. The molecular weight excluding hydrogens is 737 g/mol. The molecule has 2 aliphatic carbocycles. The molecule has 0 aliphatic heterocycles. The Bertz CT molecular complexity index is 2550. The summed E-state index contributed by atoms with van der Waals surface area (Å²) in [6, 6.07) is 22.3. The van der Waals surface area contributed by atoms with Gasteiger partial charge in [0.05, 0.1) is 31.4 Å². The number of hydrogen-bond acceptors (Lipinski definition) is 11. The summed E-state index contributed by atoms with van der Waals surface area (Å²) < 4.78 is 22.3. The van der Waals surface area contributed by atoms with Crippen LogP contribution in [0, 0.1) is 13.1 Å². The van der Waals surface area contributed by atoms with Gasteiger partial charge in [-0.05, 0) is 112 Å². The van der Waals surface area contributed by atoms with Crippen LogP contribution in [0.25, 0.3) is 55.4 Å². The fourth-order valence-electron chi connectivity index (χ4n) is 7.23. The number of carbonyl (C=O) groups excluding carboxylic acids is 1. The summed E-state index contributed by atoms with van der Waals surface area (Å²) in [6.45, 7) is 22.0. The molecule has 0 bridgehead atoms. The van der Waals surface area contributed by atoms with E-state index in [0.29, 0.717) is 57.4 Å². The van der Waals surface area contributed by atoms with E-state index in [2.05, 4.69) is 41.4 Å². The Balaban J connectivity index is 0.000000178. The minimum absolute atomic E-state index is 0.00194. The smallest absolute Gasteiger partial charge is 0.256 e.